The maximum Gasteiger partial charge on any atom is 0.302 e. The quantitative estimate of drug-likeness (QED) is 0.531. The van der Waals surface area contributed by atoms with Gasteiger partial charge in [-0.2, -0.15) is 0 Å². The van der Waals surface area contributed by atoms with E-state index in [9.17, 15) is 14.4 Å². The summed E-state index contributed by atoms with van der Waals surface area (Å²) in [6, 6.07) is 0. The molecule has 0 saturated heterocycles. The molecule has 5 nitrogen and oxygen atoms in total. The highest BCUT2D eigenvalue weighted by Gasteiger charge is 2.56. The van der Waals surface area contributed by atoms with E-state index in [-0.39, 0.29) is 41.6 Å². The molecule has 0 amide bonds. The van der Waals surface area contributed by atoms with E-state index in [4.69, 9.17) is 9.47 Å². The van der Waals surface area contributed by atoms with Crippen LogP contribution in [0.15, 0.2) is 23.8 Å². The molecule has 154 valence electrons. The smallest absolute Gasteiger partial charge is 0.302 e. The molecule has 0 aromatic rings. The van der Waals surface area contributed by atoms with Gasteiger partial charge in [-0.1, -0.05) is 33.4 Å². The molecule has 0 heterocycles. The van der Waals surface area contributed by atoms with Crippen LogP contribution in [0.5, 0.6) is 0 Å². The number of ketones is 2. The molecule has 5 atom stereocenters. The van der Waals surface area contributed by atoms with E-state index < -0.39 is 10.8 Å². The molecule has 0 unspecified atom stereocenters. The van der Waals surface area contributed by atoms with Gasteiger partial charge >= 0.3 is 5.97 Å². The standard InChI is InChI=1S/C23H32O5/c1-13-15-7-8-19(25)23(5)10-9-20(28-14(2)24)22(3,4)18(23)12-17(27-6)16(11-15)21(13)26/h11,15,17-18,20H,1,7-10,12H2,2-6H3/t15-,17-,18-,20+,23-/m1/s1. The normalized spacial score (nSPS) is 37.9. The molecular weight excluding hydrogens is 356 g/mol. The van der Waals surface area contributed by atoms with Crippen LogP contribution in [0.1, 0.15) is 59.8 Å². The molecule has 0 aliphatic heterocycles. The van der Waals surface area contributed by atoms with E-state index in [1.807, 2.05) is 13.0 Å². The minimum Gasteiger partial charge on any atom is -0.462 e. The predicted molar refractivity (Wildman–Crippen MR) is 106 cm³/mol. The van der Waals surface area contributed by atoms with Crippen molar-refractivity contribution in [2.24, 2.45) is 22.7 Å². The van der Waals surface area contributed by atoms with E-state index >= 15 is 0 Å². The first-order chi connectivity index (χ1) is 13.0. The summed E-state index contributed by atoms with van der Waals surface area (Å²) in [5.41, 5.74) is 0.290. The molecule has 1 saturated carbocycles. The summed E-state index contributed by atoms with van der Waals surface area (Å²) in [5, 5.41) is 0. The van der Waals surface area contributed by atoms with Gasteiger partial charge in [-0.15, -0.1) is 0 Å². The van der Waals surface area contributed by atoms with E-state index in [1.54, 1.807) is 7.11 Å². The summed E-state index contributed by atoms with van der Waals surface area (Å²) in [7, 11) is 1.61. The lowest BCUT2D eigenvalue weighted by Gasteiger charge is -2.54. The zero-order valence-electron chi connectivity index (χ0n) is 17.7. The Bertz CT molecular complexity index is 746. The Balaban J connectivity index is 2.05. The Morgan fingerprint density at radius 3 is 2.50 bits per heavy atom. The first kappa shape index (κ1) is 21.0. The lowest BCUT2D eigenvalue weighted by atomic mass is 9.52. The Kier molecular flexibility index (Phi) is 5.43. The van der Waals surface area contributed by atoms with Gasteiger partial charge in [0.2, 0.25) is 0 Å². The van der Waals surface area contributed by atoms with Gasteiger partial charge in [-0.3, -0.25) is 14.4 Å². The second-order valence-electron chi connectivity index (χ2n) is 9.43. The van der Waals surface area contributed by atoms with Gasteiger partial charge in [0.1, 0.15) is 11.9 Å². The number of ether oxygens (including phenoxy) is 2. The molecule has 0 aromatic carbocycles. The fraction of sp³-hybridized carbons (Fsp3) is 0.696. The van der Waals surface area contributed by atoms with Crippen molar-refractivity contribution in [3.8, 4) is 0 Å². The highest BCUT2D eigenvalue weighted by molar-refractivity contribution is 6.11. The van der Waals surface area contributed by atoms with Gasteiger partial charge in [0.25, 0.3) is 0 Å². The van der Waals surface area contributed by atoms with Gasteiger partial charge in [-0.05, 0) is 37.2 Å². The van der Waals surface area contributed by atoms with Crippen LogP contribution in [0.25, 0.3) is 0 Å². The van der Waals surface area contributed by atoms with Crippen molar-refractivity contribution in [1.29, 1.82) is 0 Å². The SMILES string of the molecule is C=C1C(=O)C2=C[C@H]1CCC(=O)[C@]1(C)CC[C@H](OC(C)=O)C(C)(C)[C@H]1C[C@H]2OC. The third kappa shape index (κ3) is 3.28. The van der Waals surface area contributed by atoms with Crippen molar-refractivity contribution in [2.45, 2.75) is 72.0 Å². The molecule has 1 fully saturated rings. The number of Topliss-reactive ketones (excluding diaryl/α,β-unsaturated/α-hetero) is 2. The average Bonchev–Trinajstić information content (AvgIpc) is 2.89. The number of fused-ring (bicyclic) bond motifs is 2. The van der Waals surface area contributed by atoms with Crippen molar-refractivity contribution >= 4 is 17.5 Å². The number of hydrogen-bond acceptors (Lipinski definition) is 5. The maximum atomic E-state index is 13.4. The number of hydrogen-bond donors (Lipinski definition) is 0. The lowest BCUT2D eigenvalue weighted by molar-refractivity contribution is -0.173. The van der Waals surface area contributed by atoms with Crippen LogP contribution in [-0.2, 0) is 23.9 Å². The predicted octanol–water partition coefficient (Wildman–Crippen LogP) is 3.81. The monoisotopic (exact) mass is 388 g/mol. The summed E-state index contributed by atoms with van der Waals surface area (Å²) in [6.45, 7) is 11.6. The van der Waals surface area contributed by atoms with Crippen molar-refractivity contribution in [2.75, 3.05) is 7.11 Å². The number of carbonyl (C=O) groups is 3. The molecule has 3 aliphatic carbocycles. The number of esters is 1. The van der Waals surface area contributed by atoms with Crippen LogP contribution in [0.4, 0.5) is 0 Å². The highest BCUT2D eigenvalue weighted by atomic mass is 16.5. The molecular formula is C23H32O5. The van der Waals surface area contributed by atoms with E-state index in [0.717, 1.165) is 0 Å². The minimum atomic E-state index is -0.529. The Labute approximate surface area is 167 Å². The average molecular weight is 389 g/mol. The fourth-order valence-electron chi connectivity index (χ4n) is 5.73. The second kappa shape index (κ2) is 7.25. The maximum absolute atomic E-state index is 13.4. The fourth-order valence-corrected chi connectivity index (χ4v) is 5.73. The lowest BCUT2D eigenvalue weighted by Crippen LogP contribution is -2.55. The van der Waals surface area contributed by atoms with Gasteiger partial charge in [0, 0.05) is 42.8 Å². The van der Waals surface area contributed by atoms with E-state index in [1.165, 1.54) is 6.92 Å². The van der Waals surface area contributed by atoms with Gasteiger partial charge < -0.3 is 9.47 Å². The van der Waals surface area contributed by atoms with Gasteiger partial charge in [-0.25, -0.2) is 0 Å². The Morgan fingerprint density at radius 2 is 1.89 bits per heavy atom. The summed E-state index contributed by atoms with van der Waals surface area (Å²) in [6.07, 6.45) is 4.23. The summed E-state index contributed by atoms with van der Waals surface area (Å²) < 4.78 is 11.4. The van der Waals surface area contributed by atoms with Crippen molar-refractivity contribution < 1.29 is 23.9 Å². The topological polar surface area (TPSA) is 69.7 Å². The van der Waals surface area contributed by atoms with Crippen LogP contribution < -0.4 is 0 Å². The zero-order valence-corrected chi connectivity index (χ0v) is 17.7. The number of rotatable bonds is 2. The van der Waals surface area contributed by atoms with Crippen LogP contribution in [-0.4, -0.2) is 36.9 Å². The van der Waals surface area contributed by atoms with Gasteiger partial charge in [0.05, 0.1) is 6.10 Å². The summed E-state index contributed by atoms with van der Waals surface area (Å²) in [5.74, 6) is -0.267. The number of carbonyl (C=O) groups excluding carboxylic acids is 3. The molecule has 0 spiro atoms. The molecule has 0 aromatic heterocycles. The largest absolute Gasteiger partial charge is 0.462 e. The molecule has 3 rings (SSSR count). The van der Waals surface area contributed by atoms with Crippen LogP contribution in [0, 0.1) is 22.7 Å². The second-order valence-corrected chi connectivity index (χ2v) is 9.43. The summed E-state index contributed by atoms with van der Waals surface area (Å²) >= 11 is 0. The Morgan fingerprint density at radius 1 is 1.21 bits per heavy atom. The van der Waals surface area contributed by atoms with Crippen molar-refractivity contribution in [3.05, 3.63) is 23.8 Å². The van der Waals surface area contributed by atoms with Gasteiger partial charge in [0.15, 0.2) is 5.78 Å². The number of allylic oxidation sites excluding steroid dienone is 2. The Hall–Kier alpha value is -1.75. The third-order valence-electron chi connectivity index (χ3n) is 7.51. The minimum absolute atomic E-state index is 0.0435. The molecule has 2 bridgehead atoms. The molecule has 0 radical (unpaired) electrons. The molecule has 3 aliphatic rings. The van der Waals surface area contributed by atoms with Crippen molar-refractivity contribution in [1.82, 2.24) is 0 Å². The molecule has 5 heteroatoms. The van der Waals surface area contributed by atoms with E-state index in [2.05, 4.69) is 20.4 Å². The van der Waals surface area contributed by atoms with Crippen LogP contribution in [0.2, 0.25) is 0 Å². The highest BCUT2D eigenvalue weighted by Crippen LogP contribution is 2.56. The zero-order chi connectivity index (χ0) is 20.9. The first-order valence-electron chi connectivity index (χ1n) is 10.2. The first-order valence-corrected chi connectivity index (χ1v) is 10.2. The van der Waals surface area contributed by atoms with E-state index in [0.29, 0.717) is 43.3 Å². The van der Waals surface area contributed by atoms with Crippen molar-refractivity contribution in [3.63, 3.8) is 0 Å². The molecule has 28 heavy (non-hydrogen) atoms. The van der Waals surface area contributed by atoms with Crippen LogP contribution in [0.3, 0.4) is 0 Å². The van der Waals surface area contributed by atoms with Crippen LogP contribution >= 0.6 is 0 Å². The third-order valence-corrected chi connectivity index (χ3v) is 7.51. The molecule has 0 N–H and O–H groups in total. The number of methoxy groups -OCH3 is 1. The summed E-state index contributed by atoms with van der Waals surface area (Å²) in [4.78, 5) is 37.8.